The van der Waals surface area contributed by atoms with E-state index in [4.69, 9.17) is 4.74 Å². The Morgan fingerprint density at radius 2 is 1.84 bits per heavy atom. The van der Waals surface area contributed by atoms with Gasteiger partial charge in [0.05, 0.1) is 18.2 Å². The topological polar surface area (TPSA) is 82.6 Å². The van der Waals surface area contributed by atoms with Gasteiger partial charge >= 0.3 is 0 Å². The Bertz CT molecular complexity index is 1220. The molecule has 2 N–H and O–H groups in total. The SMILES string of the molecule is COCCN1C(=O)C(=O)/C(=C(/O)c2ccc(C)c(C)c2)C1c1c(C)[nH]c2ccccc12. The van der Waals surface area contributed by atoms with E-state index in [1.807, 2.05) is 57.2 Å². The van der Waals surface area contributed by atoms with E-state index >= 15 is 0 Å². The summed E-state index contributed by atoms with van der Waals surface area (Å²) in [5, 5.41) is 12.2. The average Bonchev–Trinajstić information content (AvgIpc) is 3.20. The Morgan fingerprint density at radius 1 is 1.10 bits per heavy atom. The summed E-state index contributed by atoms with van der Waals surface area (Å²) in [7, 11) is 1.55. The van der Waals surface area contributed by atoms with Crippen molar-refractivity contribution < 1.29 is 19.4 Å². The van der Waals surface area contributed by atoms with Crippen LogP contribution in [0.2, 0.25) is 0 Å². The summed E-state index contributed by atoms with van der Waals surface area (Å²) in [6, 6.07) is 12.6. The van der Waals surface area contributed by atoms with Gasteiger partial charge in [0.25, 0.3) is 11.7 Å². The van der Waals surface area contributed by atoms with E-state index in [1.54, 1.807) is 13.2 Å². The number of Topliss-reactive ketones (excluding diaryl/α,β-unsaturated/α-hetero) is 1. The smallest absolute Gasteiger partial charge is 0.295 e. The summed E-state index contributed by atoms with van der Waals surface area (Å²) >= 11 is 0. The van der Waals surface area contributed by atoms with Gasteiger partial charge < -0.3 is 19.7 Å². The third-order valence-electron chi connectivity index (χ3n) is 6.07. The maximum absolute atomic E-state index is 13.1. The maximum Gasteiger partial charge on any atom is 0.295 e. The molecule has 1 amide bonds. The van der Waals surface area contributed by atoms with Crippen LogP contribution >= 0.6 is 0 Å². The molecule has 1 atom stereocenters. The van der Waals surface area contributed by atoms with Crippen LogP contribution in [0.5, 0.6) is 0 Å². The van der Waals surface area contributed by atoms with Crippen molar-refractivity contribution in [2.75, 3.05) is 20.3 Å². The molecule has 160 valence electrons. The second-order valence-corrected chi connectivity index (χ2v) is 7.99. The third kappa shape index (κ3) is 3.43. The number of rotatable bonds is 5. The molecule has 1 aliphatic heterocycles. The van der Waals surface area contributed by atoms with E-state index in [9.17, 15) is 14.7 Å². The van der Waals surface area contributed by atoms with Gasteiger partial charge in [0.1, 0.15) is 5.76 Å². The molecule has 2 heterocycles. The Kier molecular flexibility index (Phi) is 5.41. The molecule has 0 aliphatic carbocycles. The van der Waals surface area contributed by atoms with Crippen molar-refractivity contribution in [3.05, 3.63) is 76.0 Å². The molecule has 1 aliphatic rings. The van der Waals surface area contributed by atoms with Crippen molar-refractivity contribution in [3.63, 3.8) is 0 Å². The number of amides is 1. The van der Waals surface area contributed by atoms with Crippen LogP contribution in [0.4, 0.5) is 0 Å². The van der Waals surface area contributed by atoms with Crippen LogP contribution in [0.3, 0.4) is 0 Å². The van der Waals surface area contributed by atoms with Crippen LogP contribution in [0.25, 0.3) is 16.7 Å². The summed E-state index contributed by atoms with van der Waals surface area (Å²) in [6.07, 6.45) is 0. The molecule has 0 spiro atoms. The Labute approximate surface area is 181 Å². The highest BCUT2D eigenvalue weighted by Crippen LogP contribution is 2.43. The van der Waals surface area contributed by atoms with E-state index in [1.165, 1.54) is 4.90 Å². The summed E-state index contributed by atoms with van der Waals surface area (Å²) in [5.41, 5.74) is 5.29. The number of ketones is 1. The normalized spacial score (nSPS) is 18.3. The highest BCUT2D eigenvalue weighted by Gasteiger charge is 2.47. The minimum atomic E-state index is -0.701. The van der Waals surface area contributed by atoms with Gasteiger partial charge in [0.15, 0.2) is 0 Å². The number of aryl methyl sites for hydroxylation is 3. The van der Waals surface area contributed by atoms with Gasteiger partial charge in [-0.1, -0.05) is 30.3 Å². The molecule has 0 bridgehead atoms. The molecule has 1 fully saturated rings. The monoisotopic (exact) mass is 418 g/mol. The quantitative estimate of drug-likeness (QED) is 0.370. The molecule has 1 unspecified atom stereocenters. The number of fused-ring (bicyclic) bond motifs is 1. The van der Waals surface area contributed by atoms with Crippen LogP contribution in [-0.4, -0.2) is 46.9 Å². The number of benzene rings is 2. The number of H-pyrrole nitrogens is 1. The molecule has 1 saturated heterocycles. The summed E-state index contributed by atoms with van der Waals surface area (Å²) < 4.78 is 5.19. The van der Waals surface area contributed by atoms with Crippen LogP contribution in [0.15, 0.2) is 48.0 Å². The fraction of sp³-hybridized carbons (Fsp3) is 0.280. The first kappa shape index (κ1) is 20.9. The fourth-order valence-electron chi connectivity index (χ4n) is 4.30. The third-order valence-corrected chi connectivity index (χ3v) is 6.07. The zero-order valence-corrected chi connectivity index (χ0v) is 18.2. The van der Waals surface area contributed by atoms with Gasteiger partial charge in [0, 0.05) is 41.4 Å². The van der Waals surface area contributed by atoms with Crippen LogP contribution in [-0.2, 0) is 14.3 Å². The maximum atomic E-state index is 13.1. The van der Waals surface area contributed by atoms with Gasteiger partial charge in [-0.25, -0.2) is 0 Å². The zero-order valence-electron chi connectivity index (χ0n) is 18.2. The molecule has 6 nitrogen and oxygen atoms in total. The molecule has 1 aromatic heterocycles. The summed E-state index contributed by atoms with van der Waals surface area (Å²) in [5.74, 6) is -1.46. The van der Waals surface area contributed by atoms with Crippen molar-refractivity contribution in [3.8, 4) is 0 Å². The summed E-state index contributed by atoms with van der Waals surface area (Å²) in [4.78, 5) is 31.0. The number of para-hydroxylation sites is 1. The van der Waals surface area contributed by atoms with Crippen LogP contribution in [0, 0.1) is 20.8 Å². The number of hydrogen-bond donors (Lipinski definition) is 2. The van der Waals surface area contributed by atoms with Crippen molar-refractivity contribution >= 4 is 28.4 Å². The molecule has 4 rings (SSSR count). The predicted molar refractivity (Wildman–Crippen MR) is 120 cm³/mol. The largest absolute Gasteiger partial charge is 0.507 e. The standard InChI is InChI=1S/C25H26N2O4/c1-14-9-10-17(13-15(14)2)23(28)21-22(27(11-12-31-4)25(30)24(21)29)20-16(3)26-19-8-6-5-7-18(19)20/h5-10,13,22,26,28H,11-12H2,1-4H3/b23-21+. The number of methoxy groups -OCH3 is 1. The first-order chi connectivity index (χ1) is 14.8. The second-order valence-electron chi connectivity index (χ2n) is 7.99. The highest BCUT2D eigenvalue weighted by atomic mass is 16.5. The van der Waals surface area contributed by atoms with Gasteiger partial charge in [-0.3, -0.25) is 9.59 Å². The Balaban J connectivity index is 1.97. The minimum Gasteiger partial charge on any atom is -0.507 e. The minimum absolute atomic E-state index is 0.109. The molecule has 31 heavy (non-hydrogen) atoms. The first-order valence-corrected chi connectivity index (χ1v) is 10.3. The molecule has 6 heteroatoms. The second kappa shape index (κ2) is 8.04. The number of aliphatic hydroxyl groups is 1. The van der Waals surface area contributed by atoms with E-state index in [0.29, 0.717) is 5.56 Å². The Morgan fingerprint density at radius 3 is 2.55 bits per heavy atom. The number of aromatic amines is 1. The molecular weight excluding hydrogens is 392 g/mol. The van der Waals surface area contributed by atoms with Gasteiger partial charge in [-0.2, -0.15) is 0 Å². The summed E-state index contributed by atoms with van der Waals surface area (Å²) in [6.45, 7) is 6.38. The fourth-order valence-corrected chi connectivity index (χ4v) is 4.30. The lowest BCUT2D eigenvalue weighted by Gasteiger charge is -2.25. The first-order valence-electron chi connectivity index (χ1n) is 10.3. The zero-order chi connectivity index (χ0) is 22.3. The van der Waals surface area contributed by atoms with Crippen molar-refractivity contribution in [2.45, 2.75) is 26.8 Å². The van der Waals surface area contributed by atoms with Crippen molar-refractivity contribution in [1.29, 1.82) is 0 Å². The molecular formula is C25H26N2O4. The van der Waals surface area contributed by atoms with Crippen molar-refractivity contribution in [2.24, 2.45) is 0 Å². The van der Waals surface area contributed by atoms with Crippen LogP contribution in [0.1, 0.15) is 34.0 Å². The number of nitrogens with zero attached hydrogens (tertiary/aromatic N) is 1. The lowest BCUT2D eigenvalue weighted by atomic mass is 9.92. The Hall–Kier alpha value is -3.38. The van der Waals surface area contributed by atoms with Gasteiger partial charge in [0.2, 0.25) is 0 Å². The molecule has 2 aromatic carbocycles. The molecule has 3 aromatic rings. The highest BCUT2D eigenvalue weighted by molar-refractivity contribution is 6.46. The van der Waals surface area contributed by atoms with E-state index in [2.05, 4.69) is 4.98 Å². The van der Waals surface area contributed by atoms with E-state index in [0.717, 1.165) is 33.3 Å². The number of carbonyl (C=O) groups excluding carboxylic acids is 2. The van der Waals surface area contributed by atoms with Crippen molar-refractivity contribution in [1.82, 2.24) is 9.88 Å². The number of hydrogen-bond acceptors (Lipinski definition) is 4. The number of ether oxygens (including phenoxy) is 1. The molecule has 0 radical (unpaired) electrons. The van der Waals surface area contributed by atoms with E-state index in [-0.39, 0.29) is 24.5 Å². The van der Waals surface area contributed by atoms with Gasteiger partial charge in [-0.05, 0) is 44.0 Å². The number of carbonyl (C=O) groups is 2. The number of aliphatic hydroxyl groups excluding tert-OH is 1. The number of aromatic nitrogens is 1. The van der Waals surface area contributed by atoms with E-state index < -0.39 is 17.7 Å². The molecule has 0 saturated carbocycles. The van der Waals surface area contributed by atoms with Gasteiger partial charge in [-0.15, -0.1) is 0 Å². The predicted octanol–water partition coefficient (Wildman–Crippen LogP) is 4.16. The number of nitrogens with one attached hydrogen (secondary N) is 1. The lowest BCUT2D eigenvalue weighted by Crippen LogP contribution is -2.32. The lowest BCUT2D eigenvalue weighted by molar-refractivity contribution is -0.140. The average molecular weight is 418 g/mol. The number of likely N-dealkylation sites (tertiary alicyclic amines) is 1. The van der Waals surface area contributed by atoms with Crippen LogP contribution < -0.4 is 0 Å².